The summed E-state index contributed by atoms with van der Waals surface area (Å²) >= 11 is 4.44. The Balaban J connectivity index is 2.21. The van der Waals surface area contributed by atoms with Crippen LogP contribution < -0.4 is 0 Å². The average Bonchev–Trinajstić information content (AvgIpc) is 2.41. The number of nitrogens with zero attached hydrogens (tertiary/aromatic N) is 1. The van der Waals surface area contributed by atoms with E-state index in [1.54, 1.807) is 0 Å². The molecule has 0 saturated carbocycles. The fourth-order valence-electron chi connectivity index (χ4n) is 0.922. The second kappa shape index (κ2) is 4.15. The highest BCUT2D eigenvalue weighted by Gasteiger charge is 1.96. The summed E-state index contributed by atoms with van der Waals surface area (Å²) < 4.78 is 0. The van der Waals surface area contributed by atoms with Crippen molar-refractivity contribution in [2.45, 2.75) is 12.8 Å². The quantitative estimate of drug-likeness (QED) is 0.445. The van der Waals surface area contributed by atoms with Gasteiger partial charge in [-0.15, -0.1) is 0 Å². The summed E-state index contributed by atoms with van der Waals surface area (Å²) in [5.41, 5.74) is 1.44. The fourth-order valence-corrected chi connectivity index (χ4v) is 1.01. The predicted octanol–water partition coefficient (Wildman–Crippen LogP) is 2.37. The number of hydrogen-bond donors (Lipinski definition) is 0. The first-order valence-corrected chi connectivity index (χ1v) is 3.72. The van der Waals surface area contributed by atoms with Gasteiger partial charge in [-0.25, -0.2) is 4.99 Å². The second-order valence-electron chi connectivity index (χ2n) is 2.18. The lowest BCUT2D eigenvalue weighted by atomic mass is 10.2. The Morgan fingerprint density at radius 1 is 1.70 bits per heavy atom. The normalized spacial score (nSPS) is 14.6. The van der Waals surface area contributed by atoms with Gasteiger partial charge in [0, 0.05) is 0 Å². The number of hydrogen-bond acceptors (Lipinski definition) is 2. The molecule has 0 aromatic rings. The minimum Gasteiger partial charge on any atom is -0.232 e. The van der Waals surface area contributed by atoms with E-state index in [4.69, 9.17) is 0 Å². The summed E-state index contributed by atoms with van der Waals surface area (Å²) in [7, 11) is 0. The van der Waals surface area contributed by atoms with Crippen molar-refractivity contribution < 1.29 is 0 Å². The molecule has 0 radical (unpaired) electrons. The Labute approximate surface area is 66.2 Å². The van der Waals surface area contributed by atoms with Crippen molar-refractivity contribution in [3.05, 3.63) is 23.8 Å². The maximum Gasteiger partial charge on any atom is 0.0585 e. The molecule has 0 aliphatic heterocycles. The predicted molar refractivity (Wildman–Crippen MR) is 46.4 cm³/mol. The molecule has 1 aliphatic carbocycles. The maximum absolute atomic E-state index is 4.44. The van der Waals surface area contributed by atoms with Crippen LogP contribution in [-0.2, 0) is 0 Å². The number of rotatable bonds is 3. The number of aliphatic imine (C=N–C) groups is 1. The van der Waals surface area contributed by atoms with Crippen molar-refractivity contribution in [3.8, 4) is 0 Å². The van der Waals surface area contributed by atoms with Crippen LogP contribution in [0.1, 0.15) is 12.8 Å². The van der Waals surface area contributed by atoms with Gasteiger partial charge < -0.3 is 0 Å². The minimum atomic E-state index is 0.789. The van der Waals surface area contributed by atoms with Crippen LogP contribution in [0.4, 0.5) is 0 Å². The molecule has 52 valence electrons. The first kappa shape index (κ1) is 7.39. The summed E-state index contributed by atoms with van der Waals surface area (Å²) in [5.74, 6) is 0. The van der Waals surface area contributed by atoms with Crippen molar-refractivity contribution in [1.29, 1.82) is 0 Å². The standard InChI is InChI=1S/C8H9NS/c10-7-9-6-5-8-3-1-2-4-8/h1-3H,4-6H2. The molecule has 0 heterocycles. The Hall–Kier alpha value is -0.720. The third kappa shape index (κ3) is 2.26. The molecule has 0 N–H and O–H groups in total. The molecule has 0 spiro atoms. The Kier molecular flexibility index (Phi) is 3.07. The second-order valence-corrected chi connectivity index (χ2v) is 2.36. The first-order valence-electron chi connectivity index (χ1n) is 3.31. The van der Waals surface area contributed by atoms with E-state index in [0.29, 0.717) is 0 Å². The van der Waals surface area contributed by atoms with Gasteiger partial charge in [0.15, 0.2) is 0 Å². The molecule has 0 fully saturated rings. The highest BCUT2D eigenvalue weighted by Crippen LogP contribution is 2.13. The lowest BCUT2D eigenvalue weighted by Crippen LogP contribution is -1.82. The first-order chi connectivity index (χ1) is 4.93. The Bertz CT molecular complexity index is 209. The van der Waals surface area contributed by atoms with Gasteiger partial charge in [0.1, 0.15) is 0 Å². The molecule has 1 rings (SSSR count). The maximum atomic E-state index is 4.44. The molecule has 0 unspecified atom stereocenters. The average molecular weight is 151 g/mol. The van der Waals surface area contributed by atoms with Gasteiger partial charge in [-0.2, -0.15) is 0 Å². The smallest absolute Gasteiger partial charge is 0.0585 e. The van der Waals surface area contributed by atoms with E-state index in [9.17, 15) is 0 Å². The van der Waals surface area contributed by atoms with Gasteiger partial charge >= 0.3 is 0 Å². The van der Waals surface area contributed by atoms with Crippen LogP contribution in [0, 0.1) is 0 Å². The van der Waals surface area contributed by atoms with Crippen LogP contribution in [-0.4, -0.2) is 11.7 Å². The van der Waals surface area contributed by atoms with Crippen LogP contribution in [0.25, 0.3) is 0 Å². The SMILES string of the molecule is S=C=NCCC1=CC=CC1. The molecule has 10 heavy (non-hydrogen) atoms. The van der Waals surface area contributed by atoms with Crippen molar-refractivity contribution in [2.24, 2.45) is 4.99 Å². The Morgan fingerprint density at radius 2 is 2.60 bits per heavy atom. The van der Waals surface area contributed by atoms with Gasteiger partial charge in [-0.3, -0.25) is 0 Å². The number of thiocarbonyl (C=S) groups is 1. The molecule has 1 nitrogen and oxygen atoms in total. The number of allylic oxidation sites excluding steroid dienone is 3. The summed E-state index contributed by atoms with van der Waals surface area (Å²) in [6.45, 7) is 0.789. The van der Waals surface area contributed by atoms with Crippen molar-refractivity contribution in [3.63, 3.8) is 0 Å². The highest BCUT2D eigenvalue weighted by molar-refractivity contribution is 7.78. The van der Waals surface area contributed by atoms with Crippen LogP contribution >= 0.6 is 12.2 Å². The van der Waals surface area contributed by atoms with Crippen LogP contribution in [0.2, 0.25) is 0 Å². The van der Waals surface area contributed by atoms with Crippen LogP contribution in [0.5, 0.6) is 0 Å². The molecule has 0 saturated heterocycles. The molecule has 0 aromatic heterocycles. The molecule has 1 aliphatic rings. The largest absolute Gasteiger partial charge is 0.232 e. The monoisotopic (exact) mass is 151 g/mol. The molecule has 0 bridgehead atoms. The van der Waals surface area contributed by atoms with E-state index < -0.39 is 0 Å². The minimum absolute atomic E-state index is 0.789. The molecule has 0 amide bonds. The van der Waals surface area contributed by atoms with E-state index in [1.165, 1.54) is 5.57 Å². The lowest BCUT2D eigenvalue weighted by Gasteiger charge is -1.94. The van der Waals surface area contributed by atoms with Crippen molar-refractivity contribution in [1.82, 2.24) is 0 Å². The lowest BCUT2D eigenvalue weighted by molar-refractivity contribution is 0.935. The van der Waals surface area contributed by atoms with E-state index in [2.05, 4.69) is 40.6 Å². The topological polar surface area (TPSA) is 12.4 Å². The molecule has 2 heteroatoms. The molecular weight excluding hydrogens is 142 g/mol. The summed E-state index contributed by atoms with van der Waals surface area (Å²) in [5, 5.41) is 2.35. The number of isothiocyanates is 1. The zero-order valence-corrected chi connectivity index (χ0v) is 6.53. The van der Waals surface area contributed by atoms with Crippen LogP contribution in [0.15, 0.2) is 28.8 Å². The van der Waals surface area contributed by atoms with E-state index in [1.807, 2.05) is 0 Å². The van der Waals surface area contributed by atoms with Gasteiger partial charge in [-0.1, -0.05) is 23.8 Å². The Morgan fingerprint density at radius 3 is 3.20 bits per heavy atom. The molecular formula is C8H9NS. The fraction of sp³-hybridized carbons (Fsp3) is 0.375. The van der Waals surface area contributed by atoms with E-state index in [0.717, 1.165) is 19.4 Å². The van der Waals surface area contributed by atoms with Gasteiger partial charge in [0.25, 0.3) is 0 Å². The molecule has 0 aromatic carbocycles. The van der Waals surface area contributed by atoms with E-state index >= 15 is 0 Å². The zero-order chi connectivity index (χ0) is 7.23. The van der Waals surface area contributed by atoms with Crippen molar-refractivity contribution >= 4 is 17.4 Å². The van der Waals surface area contributed by atoms with Crippen LogP contribution in [0.3, 0.4) is 0 Å². The van der Waals surface area contributed by atoms with Gasteiger partial charge in [0.05, 0.1) is 11.7 Å². The van der Waals surface area contributed by atoms with Gasteiger partial charge in [-0.05, 0) is 25.1 Å². The summed E-state index contributed by atoms with van der Waals surface area (Å²) in [6, 6.07) is 0. The van der Waals surface area contributed by atoms with E-state index in [-0.39, 0.29) is 0 Å². The third-order valence-electron chi connectivity index (χ3n) is 1.46. The van der Waals surface area contributed by atoms with Gasteiger partial charge in [0.2, 0.25) is 0 Å². The third-order valence-corrected chi connectivity index (χ3v) is 1.59. The zero-order valence-electron chi connectivity index (χ0n) is 5.71. The molecule has 0 atom stereocenters. The highest BCUT2D eigenvalue weighted by atomic mass is 32.1. The van der Waals surface area contributed by atoms with Crippen molar-refractivity contribution in [2.75, 3.05) is 6.54 Å². The summed E-state index contributed by atoms with van der Waals surface area (Å²) in [4.78, 5) is 3.83. The summed E-state index contributed by atoms with van der Waals surface area (Å²) in [6.07, 6.45) is 8.48.